The van der Waals surface area contributed by atoms with Gasteiger partial charge in [0.1, 0.15) is 5.82 Å². The van der Waals surface area contributed by atoms with Crippen molar-refractivity contribution in [3.8, 4) is 0 Å². The smallest absolute Gasteiger partial charge is 0.204 e. The molecule has 0 bridgehead atoms. The number of aromatic nitrogens is 2. The van der Waals surface area contributed by atoms with E-state index in [9.17, 15) is 8.60 Å². The fourth-order valence-corrected chi connectivity index (χ4v) is 3.64. The summed E-state index contributed by atoms with van der Waals surface area (Å²) in [4.78, 5) is 6.08. The highest BCUT2D eigenvalue weighted by molar-refractivity contribution is 7.83. The van der Waals surface area contributed by atoms with E-state index in [-0.39, 0.29) is 17.1 Å². The molecular weight excluding hydrogens is 321 g/mol. The molecule has 1 heterocycles. The molecule has 8 heteroatoms. The second kappa shape index (κ2) is 6.60. The summed E-state index contributed by atoms with van der Waals surface area (Å²) >= 11 is 7.15. The Bertz CT molecular complexity index is 613. The van der Waals surface area contributed by atoms with Crippen molar-refractivity contribution in [2.24, 2.45) is 0 Å². The fraction of sp³-hybridized carbons (Fsp3) is 0.333. The van der Waals surface area contributed by atoms with Crippen molar-refractivity contribution in [3.05, 3.63) is 40.4 Å². The Morgan fingerprint density at radius 2 is 2.15 bits per heavy atom. The zero-order chi connectivity index (χ0) is 14.7. The van der Waals surface area contributed by atoms with Gasteiger partial charge in [-0.05, 0) is 12.1 Å². The van der Waals surface area contributed by atoms with Crippen molar-refractivity contribution in [2.75, 3.05) is 19.0 Å². The third-order valence-electron chi connectivity index (χ3n) is 2.50. The SMILES string of the molecule is CN(C)c1nc(C[S@@](=O)Cc2c(F)cccc2Cl)ns1. The second-order valence-electron chi connectivity index (χ2n) is 4.32. The Labute approximate surface area is 128 Å². The average molecular weight is 334 g/mol. The molecule has 1 aromatic heterocycles. The molecule has 2 aromatic rings. The van der Waals surface area contributed by atoms with Crippen molar-refractivity contribution < 1.29 is 8.60 Å². The summed E-state index contributed by atoms with van der Waals surface area (Å²) in [7, 11) is 2.42. The highest BCUT2D eigenvalue weighted by Gasteiger charge is 2.14. The van der Waals surface area contributed by atoms with Gasteiger partial charge in [0.25, 0.3) is 0 Å². The Morgan fingerprint density at radius 1 is 1.40 bits per heavy atom. The first kappa shape index (κ1) is 15.3. The molecule has 0 aliphatic carbocycles. The first-order valence-electron chi connectivity index (χ1n) is 5.75. The molecule has 0 aliphatic rings. The number of benzene rings is 1. The standard InChI is InChI=1S/C12H13ClFN3OS2/c1-17(2)12-15-11(16-19-12)7-20(18)6-8-9(13)4-3-5-10(8)14/h3-5H,6-7H2,1-2H3/t20-/m0/s1. The minimum atomic E-state index is -1.30. The summed E-state index contributed by atoms with van der Waals surface area (Å²) in [5.41, 5.74) is 0.274. The van der Waals surface area contributed by atoms with Gasteiger partial charge in [-0.3, -0.25) is 4.21 Å². The first-order valence-corrected chi connectivity index (χ1v) is 8.39. The summed E-state index contributed by atoms with van der Waals surface area (Å²) < 4.78 is 29.8. The molecule has 0 saturated carbocycles. The number of hydrogen-bond acceptors (Lipinski definition) is 5. The van der Waals surface area contributed by atoms with Crippen molar-refractivity contribution >= 4 is 39.1 Å². The summed E-state index contributed by atoms with van der Waals surface area (Å²) in [5, 5.41) is 1.04. The zero-order valence-corrected chi connectivity index (χ0v) is 13.4. The first-order chi connectivity index (χ1) is 9.47. The lowest BCUT2D eigenvalue weighted by Crippen LogP contribution is -2.08. The third-order valence-corrected chi connectivity index (χ3v) is 4.96. The summed E-state index contributed by atoms with van der Waals surface area (Å²) in [6.07, 6.45) is 0. The largest absolute Gasteiger partial charge is 0.353 e. The lowest BCUT2D eigenvalue weighted by molar-refractivity contribution is 0.615. The lowest BCUT2D eigenvalue weighted by atomic mass is 10.2. The molecule has 0 fully saturated rings. The van der Waals surface area contributed by atoms with Crippen LogP contribution in [0.1, 0.15) is 11.4 Å². The van der Waals surface area contributed by atoms with E-state index in [1.54, 1.807) is 6.07 Å². The minimum absolute atomic E-state index is 0.0576. The van der Waals surface area contributed by atoms with Gasteiger partial charge in [0, 0.05) is 47.0 Å². The van der Waals surface area contributed by atoms with Gasteiger partial charge in [-0.15, -0.1) is 0 Å². The Kier molecular flexibility index (Phi) is 5.06. The van der Waals surface area contributed by atoms with Gasteiger partial charge in [-0.25, -0.2) is 9.37 Å². The number of halogens is 2. The Hall–Kier alpha value is -1.05. The van der Waals surface area contributed by atoms with Crippen LogP contribution in [0.5, 0.6) is 0 Å². The van der Waals surface area contributed by atoms with Crippen molar-refractivity contribution in [3.63, 3.8) is 0 Å². The number of rotatable bonds is 5. The van der Waals surface area contributed by atoms with E-state index < -0.39 is 16.6 Å². The van der Waals surface area contributed by atoms with E-state index >= 15 is 0 Å². The van der Waals surface area contributed by atoms with Gasteiger partial charge in [-0.2, -0.15) is 4.37 Å². The molecule has 1 aromatic carbocycles. The van der Waals surface area contributed by atoms with E-state index in [0.717, 1.165) is 5.13 Å². The van der Waals surface area contributed by atoms with E-state index in [1.807, 2.05) is 19.0 Å². The van der Waals surface area contributed by atoms with Crippen molar-refractivity contribution in [1.29, 1.82) is 0 Å². The van der Waals surface area contributed by atoms with Gasteiger partial charge >= 0.3 is 0 Å². The Morgan fingerprint density at radius 3 is 2.75 bits per heavy atom. The topological polar surface area (TPSA) is 46.1 Å². The molecule has 0 spiro atoms. The maximum atomic E-state index is 13.6. The van der Waals surface area contributed by atoms with Crippen LogP contribution in [0.4, 0.5) is 9.52 Å². The molecule has 0 N–H and O–H groups in total. The summed E-state index contributed by atoms with van der Waals surface area (Å²) in [6.45, 7) is 0. The van der Waals surface area contributed by atoms with E-state index in [0.29, 0.717) is 10.8 Å². The van der Waals surface area contributed by atoms with Crippen LogP contribution >= 0.6 is 23.1 Å². The third kappa shape index (κ3) is 3.74. The normalized spacial score (nSPS) is 12.4. The monoisotopic (exact) mass is 333 g/mol. The van der Waals surface area contributed by atoms with Crippen LogP contribution in [-0.4, -0.2) is 27.7 Å². The van der Waals surface area contributed by atoms with Crippen molar-refractivity contribution in [1.82, 2.24) is 9.36 Å². The van der Waals surface area contributed by atoms with E-state index in [1.165, 1.54) is 23.7 Å². The van der Waals surface area contributed by atoms with Gasteiger partial charge in [0.05, 0.1) is 11.5 Å². The van der Waals surface area contributed by atoms with Crippen LogP contribution in [0.15, 0.2) is 18.2 Å². The van der Waals surface area contributed by atoms with Crippen LogP contribution in [0, 0.1) is 5.82 Å². The van der Waals surface area contributed by atoms with Gasteiger partial charge in [0.2, 0.25) is 5.13 Å². The molecule has 0 unspecified atom stereocenters. The van der Waals surface area contributed by atoms with Gasteiger partial charge < -0.3 is 4.90 Å². The molecular formula is C12H13ClFN3OS2. The van der Waals surface area contributed by atoms with Gasteiger partial charge in [-0.1, -0.05) is 17.7 Å². The van der Waals surface area contributed by atoms with Crippen LogP contribution in [0.25, 0.3) is 0 Å². The molecule has 4 nitrogen and oxygen atoms in total. The molecule has 0 amide bonds. The van der Waals surface area contributed by atoms with E-state index in [4.69, 9.17) is 11.6 Å². The maximum Gasteiger partial charge on any atom is 0.204 e. The summed E-state index contributed by atoms with van der Waals surface area (Å²) in [6, 6.07) is 4.42. The molecule has 20 heavy (non-hydrogen) atoms. The fourth-order valence-electron chi connectivity index (χ4n) is 1.51. The van der Waals surface area contributed by atoms with Crippen molar-refractivity contribution in [2.45, 2.75) is 11.5 Å². The van der Waals surface area contributed by atoms with Crippen LogP contribution < -0.4 is 4.90 Å². The maximum absolute atomic E-state index is 13.6. The van der Waals surface area contributed by atoms with Crippen LogP contribution in [0.2, 0.25) is 5.02 Å². The summed E-state index contributed by atoms with van der Waals surface area (Å²) in [5.74, 6) is 0.312. The molecule has 1 atom stereocenters. The number of hydrogen-bond donors (Lipinski definition) is 0. The molecule has 108 valence electrons. The van der Waals surface area contributed by atoms with E-state index in [2.05, 4.69) is 9.36 Å². The molecule has 0 saturated heterocycles. The lowest BCUT2D eigenvalue weighted by Gasteiger charge is -2.05. The quantitative estimate of drug-likeness (QED) is 0.844. The average Bonchev–Trinajstić information content (AvgIpc) is 2.82. The highest BCUT2D eigenvalue weighted by Crippen LogP contribution is 2.22. The molecule has 0 radical (unpaired) electrons. The molecule has 0 aliphatic heterocycles. The molecule has 2 rings (SSSR count). The Balaban J connectivity index is 2.05. The number of anilines is 1. The predicted octanol–water partition coefficient (Wildman–Crippen LogP) is 2.85. The minimum Gasteiger partial charge on any atom is -0.353 e. The van der Waals surface area contributed by atoms with Crippen LogP contribution in [0.3, 0.4) is 0 Å². The van der Waals surface area contributed by atoms with Crippen LogP contribution in [-0.2, 0) is 22.3 Å². The number of nitrogens with zero attached hydrogens (tertiary/aromatic N) is 3. The zero-order valence-electron chi connectivity index (χ0n) is 11.0. The predicted molar refractivity (Wildman–Crippen MR) is 81.2 cm³/mol. The van der Waals surface area contributed by atoms with Gasteiger partial charge in [0.15, 0.2) is 5.82 Å². The highest BCUT2D eigenvalue weighted by atomic mass is 35.5. The second-order valence-corrected chi connectivity index (χ2v) is 6.91.